The molecule has 5 nitrogen and oxygen atoms in total. The van der Waals surface area contributed by atoms with Gasteiger partial charge in [0.1, 0.15) is 9.84 Å². The van der Waals surface area contributed by atoms with Crippen LogP contribution in [0, 0.1) is 0 Å². The molecule has 1 aliphatic heterocycles. The summed E-state index contributed by atoms with van der Waals surface area (Å²) < 4.78 is 72.5. The Morgan fingerprint density at radius 3 is 2.21 bits per heavy atom. The summed E-state index contributed by atoms with van der Waals surface area (Å²) in [5, 5.41) is -0.627. The number of hydrogen-bond acceptors (Lipinski definition) is 4. The fourth-order valence-corrected chi connectivity index (χ4v) is 6.32. The van der Waals surface area contributed by atoms with Crippen molar-refractivity contribution in [3.63, 3.8) is 0 Å². The Bertz CT molecular complexity index is 480. The molecule has 0 radical (unpaired) electrons. The minimum atomic E-state index is -3.87. The number of sulfonamides is 1. The summed E-state index contributed by atoms with van der Waals surface area (Å²) in [6.07, 6.45) is -2.79. The van der Waals surface area contributed by atoms with Crippen LogP contribution in [0.5, 0.6) is 0 Å². The molecule has 0 aliphatic carbocycles. The van der Waals surface area contributed by atoms with Crippen LogP contribution in [0.2, 0.25) is 0 Å². The Morgan fingerprint density at radius 1 is 1.26 bits per heavy atom. The molecule has 0 spiro atoms. The summed E-state index contributed by atoms with van der Waals surface area (Å²) in [4.78, 5) is 0. The number of hydrogen-bond donors (Lipinski definition) is 0. The van der Waals surface area contributed by atoms with Gasteiger partial charge in [-0.2, -0.15) is 4.31 Å². The van der Waals surface area contributed by atoms with E-state index in [-0.39, 0.29) is 36.2 Å². The topological polar surface area (TPSA) is 71.5 Å². The average molecular weight is 384 g/mol. The van der Waals surface area contributed by atoms with E-state index in [1.165, 1.54) is 0 Å². The largest absolute Gasteiger partial charge is 0.252 e. The van der Waals surface area contributed by atoms with Crippen molar-refractivity contribution in [2.75, 3.05) is 29.9 Å². The van der Waals surface area contributed by atoms with Crippen molar-refractivity contribution in [1.29, 1.82) is 0 Å². The second kappa shape index (κ2) is 6.77. The SMILES string of the molecule is O=S1(=O)CCC(S(=O)(=O)N(CCBr)CC(F)F)CC1. The molecule has 1 aliphatic rings. The predicted octanol–water partition coefficient (Wildman–Crippen LogP) is 0.855. The van der Waals surface area contributed by atoms with Gasteiger partial charge in [0, 0.05) is 11.9 Å². The van der Waals surface area contributed by atoms with E-state index in [9.17, 15) is 25.6 Å². The zero-order chi connectivity index (χ0) is 14.7. The van der Waals surface area contributed by atoms with Crippen LogP contribution in [0.25, 0.3) is 0 Å². The highest BCUT2D eigenvalue weighted by Crippen LogP contribution is 2.23. The maximum atomic E-state index is 12.4. The summed E-state index contributed by atoms with van der Waals surface area (Å²) in [7, 11) is -7.05. The van der Waals surface area contributed by atoms with Gasteiger partial charge in [0.2, 0.25) is 10.0 Å². The van der Waals surface area contributed by atoms with Gasteiger partial charge in [-0.25, -0.2) is 25.6 Å². The maximum Gasteiger partial charge on any atom is 0.252 e. The van der Waals surface area contributed by atoms with Gasteiger partial charge in [0.05, 0.1) is 23.3 Å². The molecule has 0 aromatic rings. The van der Waals surface area contributed by atoms with Crippen molar-refractivity contribution in [2.45, 2.75) is 24.5 Å². The van der Waals surface area contributed by atoms with Gasteiger partial charge in [-0.3, -0.25) is 0 Å². The molecule has 0 aromatic heterocycles. The van der Waals surface area contributed by atoms with Crippen LogP contribution < -0.4 is 0 Å². The first-order chi connectivity index (χ1) is 8.69. The Balaban J connectivity index is 2.82. The van der Waals surface area contributed by atoms with E-state index >= 15 is 0 Å². The Labute approximate surface area is 120 Å². The van der Waals surface area contributed by atoms with Gasteiger partial charge in [0.15, 0.2) is 0 Å². The molecule has 1 rings (SSSR count). The second-order valence-electron chi connectivity index (χ2n) is 4.33. The molecule has 114 valence electrons. The second-order valence-corrected chi connectivity index (χ2v) is 9.64. The molecule has 0 saturated carbocycles. The Hall–Kier alpha value is 0.200. The van der Waals surface area contributed by atoms with Gasteiger partial charge in [0.25, 0.3) is 6.43 Å². The molecule has 0 bridgehead atoms. The molecule has 0 amide bonds. The third kappa shape index (κ3) is 4.91. The monoisotopic (exact) mass is 383 g/mol. The molecular weight excluding hydrogens is 368 g/mol. The summed E-state index contributed by atoms with van der Waals surface area (Å²) in [6, 6.07) is 0. The first-order valence-electron chi connectivity index (χ1n) is 5.72. The number of alkyl halides is 3. The van der Waals surface area contributed by atoms with Crippen molar-refractivity contribution in [1.82, 2.24) is 4.31 Å². The smallest absolute Gasteiger partial charge is 0.229 e. The quantitative estimate of drug-likeness (QED) is 0.637. The minimum absolute atomic E-state index is 0.0211. The summed E-state index contributed by atoms with van der Waals surface area (Å²) in [5.74, 6) is -0.401. The van der Waals surface area contributed by atoms with Crippen LogP contribution in [-0.2, 0) is 19.9 Å². The third-order valence-corrected chi connectivity index (χ3v) is 7.39. The zero-order valence-corrected chi connectivity index (χ0v) is 13.4. The molecule has 1 heterocycles. The van der Waals surface area contributed by atoms with Gasteiger partial charge < -0.3 is 0 Å². The zero-order valence-electron chi connectivity index (χ0n) is 10.1. The van der Waals surface area contributed by atoms with E-state index in [4.69, 9.17) is 0 Å². The van der Waals surface area contributed by atoms with E-state index < -0.39 is 38.1 Å². The van der Waals surface area contributed by atoms with Crippen LogP contribution in [0.4, 0.5) is 8.78 Å². The molecule has 19 heavy (non-hydrogen) atoms. The molecule has 1 saturated heterocycles. The van der Waals surface area contributed by atoms with Crippen molar-refractivity contribution >= 4 is 35.8 Å². The summed E-state index contributed by atoms with van der Waals surface area (Å²) in [6.45, 7) is -0.896. The molecule has 0 aromatic carbocycles. The van der Waals surface area contributed by atoms with E-state index in [0.717, 1.165) is 4.31 Å². The van der Waals surface area contributed by atoms with Crippen LogP contribution in [0.3, 0.4) is 0 Å². The number of rotatable bonds is 6. The molecule has 0 N–H and O–H groups in total. The Morgan fingerprint density at radius 2 is 1.79 bits per heavy atom. The van der Waals surface area contributed by atoms with Crippen molar-refractivity contribution in [3.05, 3.63) is 0 Å². The number of halogens is 3. The van der Waals surface area contributed by atoms with Crippen molar-refractivity contribution in [2.24, 2.45) is 0 Å². The first-order valence-corrected chi connectivity index (χ1v) is 10.2. The van der Waals surface area contributed by atoms with Crippen LogP contribution >= 0.6 is 15.9 Å². The highest BCUT2D eigenvalue weighted by atomic mass is 79.9. The maximum absolute atomic E-state index is 12.4. The summed E-state index contributed by atoms with van der Waals surface area (Å²) in [5.41, 5.74) is 0. The molecular formula is C9H16BrF2NO4S2. The van der Waals surface area contributed by atoms with Crippen LogP contribution in [-0.4, -0.2) is 62.7 Å². The summed E-state index contributed by atoms with van der Waals surface area (Å²) >= 11 is 3.03. The minimum Gasteiger partial charge on any atom is -0.229 e. The highest BCUT2D eigenvalue weighted by molar-refractivity contribution is 9.09. The standard InChI is InChI=1S/C9H16BrF2NO4S2/c10-3-4-13(7-9(11)12)19(16,17)8-1-5-18(14,15)6-2-8/h8-9H,1-7H2. The third-order valence-electron chi connectivity index (χ3n) is 2.96. The molecule has 0 unspecified atom stereocenters. The fourth-order valence-electron chi connectivity index (χ4n) is 1.95. The highest BCUT2D eigenvalue weighted by Gasteiger charge is 2.37. The molecule has 10 heteroatoms. The normalized spacial score (nSPS) is 21.1. The van der Waals surface area contributed by atoms with E-state index in [1.807, 2.05) is 0 Å². The number of sulfone groups is 1. The van der Waals surface area contributed by atoms with Crippen LogP contribution in [0.15, 0.2) is 0 Å². The predicted molar refractivity (Wildman–Crippen MR) is 72.0 cm³/mol. The molecule has 1 fully saturated rings. The molecule has 0 atom stereocenters. The van der Waals surface area contributed by atoms with E-state index in [1.54, 1.807) is 0 Å². The van der Waals surface area contributed by atoms with E-state index in [0.29, 0.717) is 0 Å². The lowest BCUT2D eigenvalue weighted by atomic mass is 10.2. The van der Waals surface area contributed by atoms with Gasteiger partial charge in [-0.15, -0.1) is 0 Å². The van der Waals surface area contributed by atoms with Crippen molar-refractivity contribution < 1.29 is 25.6 Å². The van der Waals surface area contributed by atoms with Crippen LogP contribution in [0.1, 0.15) is 12.8 Å². The first kappa shape index (κ1) is 17.3. The van der Waals surface area contributed by atoms with E-state index in [2.05, 4.69) is 15.9 Å². The average Bonchev–Trinajstić information content (AvgIpc) is 2.27. The van der Waals surface area contributed by atoms with Gasteiger partial charge in [-0.1, -0.05) is 15.9 Å². The number of nitrogens with zero attached hydrogens (tertiary/aromatic N) is 1. The lowest BCUT2D eigenvalue weighted by Crippen LogP contribution is -2.45. The van der Waals surface area contributed by atoms with Gasteiger partial charge in [-0.05, 0) is 12.8 Å². The van der Waals surface area contributed by atoms with Crippen molar-refractivity contribution in [3.8, 4) is 0 Å². The lowest BCUT2D eigenvalue weighted by Gasteiger charge is -2.29. The lowest BCUT2D eigenvalue weighted by molar-refractivity contribution is 0.121. The fraction of sp³-hybridized carbons (Fsp3) is 1.00. The Kier molecular flexibility index (Phi) is 6.15. The van der Waals surface area contributed by atoms with Gasteiger partial charge >= 0.3 is 0 Å².